The van der Waals surface area contributed by atoms with Crippen LogP contribution in [0.2, 0.25) is 0 Å². The van der Waals surface area contributed by atoms with Crippen LogP contribution in [-0.4, -0.2) is 34.1 Å². The first-order chi connectivity index (χ1) is 12.6. The topological polar surface area (TPSA) is 118 Å². The molecule has 0 saturated carbocycles. The second-order valence-corrected chi connectivity index (χ2v) is 5.35. The van der Waals surface area contributed by atoms with E-state index in [-0.39, 0.29) is 18.4 Å². The Balaban J connectivity index is 1.61. The summed E-state index contributed by atoms with van der Waals surface area (Å²) < 4.78 is 0. The lowest BCUT2D eigenvalue weighted by atomic mass is 10.2. The molecule has 1 aromatic carbocycles. The van der Waals surface area contributed by atoms with E-state index in [1.807, 2.05) is 0 Å². The van der Waals surface area contributed by atoms with Gasteiger partial charge in [-0.1, -0.05) is 12.1 Å². The van der Waals surface area contributed by atoms with Gasteiger partial charge in [-0.15, -0.1) is 5.06 Å². The van der Waals surface area contributed by atoms with E-state index in [0.29, 0.717) is 22.1 Å². The maximum Gasteiger partial charge on any atom is 0.365 e. The van der Waals surface area contributed by atoms with Crippen LogP contribution in [0.25, 0.3) is 0 Å². The van der Waals surface area contributed by atoms with Gasteiger partial charge in [0.1, 0.15) is 5.82 Å². The van der Waals surface area contributed by atoms with Gasteiger partial charge in [-0.2, -0.15) is 0 Å². The zero-order valence-corrected chi connectivity index (χ0v) is 13.5. The molecule has 3 rings (SSSR count). The summed E-state index contributed by atoms with van der Waals surface area (Å²) in [6, 6.07) is 9.81. The van der Waals surface area contributed by atoms with Gasteiger partial charge in [0.2, 0.25) is 0 Å². The SMILES string of the molecule is O=Cc1ccccc1NNc1ccc(C(=O)ON2C(=O)CCC2=O)cn1. The van der Waals surface area contributed by atoms with Crippen molar-refractivity contribution in [2.24, 2.45) is 0 Å². The highest BCUT2D eigenvalue weighted by atomic mass is 16.7. The number of benzene rings is 1. The number of anilines is 2. The molecule has 2 amide bonds. The van der Waals surface area contributed by atoms with E-state index in [1.54, 1.807) is 24.3 Å². The Labute approximate surface area is 147 Å². The van der Waals surface area contributed by atoms with E-state index in [1.165, 1.54) is 18.3 Å². The molecule has 2 aromatic rings. The predicted octanol–water partition coefficient (Wildman–Crippen LogP) is 1.55. The monoisotopic (exact) mass is 354 g/mol. The summed E-state index contributed by atoms with van der Waals surface area (Å²) in [4.78, 5) is 54.7. The maximum atomic E-state index is 12.0. The van der Waals surface area contributed by atoms with Gasteiger partial charge in [0.25, 0.3) is 11.8 Å². The number of pyridine rings is 1. The first kappa shape index (κ1) is 17.1. The predicted molar refractivity (Wildman–Crippen MR) is 89.8 cm³/mol. The quantitative estimate of drug-likeness (QED) is 0.456. The minimum Gasteiger partial charge on any atom is -0.325 e. The van der Waals surface area contributed by atoms with E-state index in [9.17, 15) is 19.2 Å². The van der Waals surface area contributed by atoms with Crippen molar-refractivity contribution in [2.75, 3.05) is 10.9 Å². The summed E-state index contributed by atoms with van der Waals surface area (Å²) in [5.74, 6) is -1.57. The van der Waals surface area contributed by atoms with Crippen LogP contribution in [-0.2, 0) is 14.4 Å². The highest BCUT2D eigenvalue weighted by Gasteiger charge is 2.33. The van der Waals surface area contributed by atoms with Crippen molar-refractivity contribution >= 4 is 35.6 Å². The molecule has 2 N–H and O–H groups in total. The van der Waals surface area contributed by atoms with Crippen molar-refractivity contribution in [3.8, 4) is 0 Å². The normalized spacial score (nSPS) is 13.5. The van der Waals surface area contributed by atoms with Gasteiger partial charge in [-0.25, -0.2) is 9.78 Å². The Morgan fingerprint density at radius 2 is 1.81 bits per heavy atom. The number of para-hydroxylation sites is 1. The van der Waals surface area contributed by atoms with E-state index in [0.717, 1.165) is 6.29 Å². The van der Waals surface area contributed by atoms with Crippen LogP contribution >= 0.6 is 0 Å². The van der Waals surface area contributed by atoms with Gasteiger partial charge in [-0.05, 0) is 24.3 Å². The average molecular weight is 354 g/mol. The summed E-state index contributed by atoms with van der Waals surface area (Å²) in [5, 5.41) is 0.479. The van der Waals surface area contributed by atoms with Crippen molar-refractivity contribution in [1.29, 1.82) is 0 Å². The number of rotatable bonds is 6. The van der Waals surface area contributed by atoms with Crippen LogP contribution in [0.5, 0.6) is 0 Å². The number of nitrogens with one attached hydrogen (secondary N) is 2. The fourth-order valence-electron chi connectivity index (χ4n) is 2.23. The Kier molecular flexibility index (Phi) is 4.88. The number of hydroxylamine groups is 2. The number of nitrogens with zero attached hydrogens (tertiary/aromatic N) is 2. The molecule has 1 fully saturated rings. The van der Waals surface area contributed by atoms with Gasteiger partial charge in [0.15, 0.2) is 6.29 Å². The molecule has 9 nitrogen and oxygen atoms in total. The molecule has 132 valence electrons. The van der Waals surface area contributed by atoms with E-state index >= 15 is 0 Å². The van der Waals surface area contributed by atoms with Crippen molar-refractivity contribution in [3.05, 3.63) is 53.7 Å². The molecular formula is C17H14N4O5. The van der Waals surface area contributed by atoms with Gasteiger partial charge >= 0.3 is 5.97 Å². The third-order valence-electron chi connectivity index (χ3n) is 3.59. The highest BCUT2D eigenvalue weighted by molar-refractivity contribution is 6.02. The van der Waals surface area contributed by atoms with Gasteiger partial charge < -0.3 is 4.84 Å². The first-order valence-electron chi connectivity index (χ1n) is 7.69. The summed E-state index contributed by atoms with van der Waals surface area (Å²) in [5.41, 5.74) is 6.76. The van der Waals surface area contributed by atoms with Crippen LogP contribution < -0.4 is 10.9 Å². The number of hydrogen-bond acceptors (Lipinski definition) is 8. The lowest BCUT2D eigenvalue weighted by molar-refractivity contribution is -0.172. The number of aromatic nitrogens is 1. The van der Waals surface area contributed by atoms with Crippen molar-refractivity contribution in [3.63, 3.8) is 0 Å². The minimum atomic E-state index is -0.855. The fraction of sp³-hybridized carbons (Fsp3) is 0.118. The van der Waals surface area contributed by atoms with Crippen LogP contribution in [0.4, 0.5) is 11.5 Å². The van der Waals surface area contributed by atoms with E-state index < -0.39 is 17.8 Å². The largest absolute Gasteiger partial charge is 0.365 e. The summed E-state index contributed by atoms with van der Waals surface area (Å²) in [6.45, 7) is 0. The van der Waals surface area contributed by atoms with Gasteiger partial charge in [0.05, 0.1) is 11.3 Å². The smallest absolute Gasteiger partial charge is 0.325 e. The molecule has 26 heavy (non-hydrogen) atoms. The Bertz CT molecular complexity index is 850. The zero-order chi connectivity index (χ0) is 18.5. The van der Waals surface area contributed by atoms with Crippen molar-refractivity contribution in [2.45, 2.75) is 12.8 Å². The number of hydrazine groups is 1. The number of carbonyl (C=O) groups is 4. The fourth-order valence-corrected chi connectivity index (χ4v) is 2.23. The summed E-state index contributed by atoms with van der Waals surface area (Å²) in [7, 11) is 0. The van der Waals surface area contributed by atoms with E-state index in [2.05, 4.69) is 15.8 Å². The standard InChI is InChI=1S/C17H14N4O5/c22-10-12-3-1-2-4-13(12)19-20-14-6-5-11(9-18-14)17(25)26-21-15(23)7-8-16(21)24/h1-6,9-10,19H,7-8H2,(H,18,20). The molecule has 0 radical (unpaired) electrons. The lowest BCUT2D eigenvalue weighted by Crippen LogP contribution is -2.32. The van der Waals surface area contributed by atoms with Crippen molar-refractivity contribution < 1.29 is 24.0 Å². The molecule has 1 aliphatic rings. The molecule has 0 aliphatic carbocycles. The number of amides is 2. The molecule has 0 spiro atoms. The van der Waals surface area contributed by atoms with Crippen LogP contribution in [0.1, 0.15) is 33.6 Å². The van der Waals surface area contributed by atoms with Crippen LogP contribution in [0, 0.1) is 0 Å². The first-order valence-corrected chi connectivity index (χ1v) is 7.69. The third-order valence-corrected chi connectivity index (χ3v) is 3.59. The Morgan fingerprint density at radius 3 is 2.46 bits per heavy atom. The molecule has 1 aromatic heterocycles. The summed E-state index contributed by atoms with van der Waals surface area (Å²) >= 11 is 0. The number of aldehydes is 1. The molecule has 0 atom stereocenters. The van der Waals surface area contributed by atoms with E-state index in [4.69, 9.17) is 4.84 Å². The molecular weight excluding hydrogens is 340 g/mol. The number of hydrogen-bond donors (Lipinski definition) is 2. The lowest BCUT2D eigenvalue weighted by Gasteiger charge is -2.13. The highest BCUT2D eigenvalue weighted by Crippen LogP contribution is 2.16. The molecule has 1 saturated heterocycles. The molecule has 2 heterocycles. The second-order valence-electron chi connectivity index (χ2n) is 5.35. The average Bonchev–Trinajstić information content (AvgIpc) is 2.99. The number of carbonyl (C=O) groups excluding carboxylic acids is 4. The molecule has 0 bridgehead atoms. The number of imide groups is 1. The van der Waals surface area contributed by atoms with Gasteiger partial charge in [-0.3, -0.25) is 25.2 Å². The Morgan fingerprint density at radius 1 is 1.08 bits per heavy atom. The second kappa shape index (κ2) is 7.43. The molecule has 1 aliphatic heterocycles. The Hall–Kier alpha value is -3.75. The molecule has 0 unspecified atom stereocenters. The minimum absolute atomic E-state index is 0.0289. The van der Waals surface area contributed by atoms with Crippen LogP contribution in [0.3, 0.4) is 0 Å². The van der Waals surface area contributed by atoms with Crippen molar-refractivity contribution in [1.82, 2.24) is 10.0 Å². The van der Waals surface area contributed by atoms with Crippen LogP contribution in [0.15, 0.2) is 42.6 Å². The summed E-state index contributed by atoms with van der Waals surface area (Å²) in [6.07, 6.45) is 2.02. The van der Waals surface area contributed by atoms with Gasteiger partial charge in [0, 0.05) is 24.6 Å². The third kappa shape index (κ3) is 3.66. The molecule has 9 heteroatoms. The zero-order valence-electron chi connectivity index (χ0n) is 13.5. The maximum absolute atomic E-state index is 12.0.